The molecule has 4 heteroatoms. The summed E-state index contributed by atoms with van der Waals surface area (Å²) in [5.74, 6) is 0. The third-order valence-electron chi connectivity index (χ3n) is 0. The van der Waals surface area contributed by atoms with Crippen LogP contribution in [0.3, 0.4) is 0 Å². The van der Waals surface area contributed by atoms with E-state index in [4.69, 9.17) is 0 Å². The third-order valence-corrected chi connectivity index (χ3v) is 0. The predicted octanol–water partition coefficient (Wildman–Crippen LogP) is -12.0. The molecular weight excluding hydrogens is 116 g/mol. The molecule has 0 saturated heterocycles. The molecule has 0 heterocycles. The van der Waals surface area contributed by atoms with Crippen molar-refractivity contribution in [3.8, 4) is 0 Å². The van der Waals surface area contributed by atoms with Crippen LogP contribution in [0.4, 0.5) is 0 Å². The van der Waals surface area contributed by atoms with Crippen LogP contribution in [0.5, 0.6) is 0 Å². The van der Waals surface area contributed by atoms with Crippen LogP contribution in [-0.2, 0) is 0 Å². The maximum absolute atomic E-state index is 0. The smallest absolute Gasteiger partial charge is 1.00 e. The van der Waals surface area contributed by atoms with E-state index in [1.54, 1.807) is 0 Å². The van der Waals surface area contributed by atoms with Gasteiger partial charge in [-0.25, -0.2) is 0 Å². The van der Waals surface area contributed by atoms with Crippen molar-refractivity contribution < 1.29 is 112 Å². The van der Waals surface area contributed by atoms with Crippen molar-refractivity contribution in [3.05, 3.63) is 0 Å². The van der Waals surface area contributed by atoms with Gasteiger partial charge in [0.15, 0.2) is 0 Å². The Balaban J connectivity index is 0. The zero-order valence-electron chi connectivity index (χ0n) is 2.76. The summed E-state index contributed by atoms with van der Waals surface area (Å²) in [6.45, 7) is 0. The average Bonchev–Trinajstić information content (AvgIpc) is 0. The SMILES string of the molecule is [F-].[F-].[K+].[K+]. The normalized spacial score (nSPS) is 0. The van der Waals surface area contributed by atoms with Crippen LogP contribution in [0.25, 0.3) is 0 Å². The molecule has 0 aromatic carbocycles. The van der Waals surface area contributed by atoms with Crippen molar-refractivity contribution in [2.24, 2.45) is 0 Å². The topological polar surface area (TPSA) is 0 Å². The Morgan fingerprint density at radius 1 is 0.500 bits per heavy atom. The first-order valence-corrected chi connectivity index (χ1v) is 0. The van der Waals surface area contributed by atoms with E-state index < -0.39 is 0 Å². The molecule has 0 rings (SSSR count). The van der Waals surface area contributed by atoms with E-state index in [9.17, 15) is 0 Å². The van der Waals surface area contributed by atoms with Gasteiger partial charge in [-0.15, -0.1) is 0 Å². The molecule has 0 N–H and O–H groups in total. The molecular formula is F2K2. The van der Waals surface area contributed by atoms with Crippen LogP contribution in [0, 0.1) is 0 Å². The van der Waals surface area contributed by atoms with E-state index in [1.807, 2.05) is 0 Å². The molecule has 0 bridgehead atoms. The molecule has 0 radical (unpaired) electrons. The predicted molar refractivity (Wildman–Crippen MR) is 0 cm³/mol. The van der Waals surface area contributed by atoms with Crippen molar-refractivity contribution in [2.75, 3.05) is 0 Å². The minimum atomic E-state index is 0. The molecule has 0 aliphatic rings. The van der Waals surface area contributed by atoms with Gasteiger partial charge >= 0.3 is 103 Å². The maximum atomic E-state index is 0. The fourth-order valence-electron chi connectivity index (χ4n) is 0. The van der Waals surface area contributed by atoms with Gasteiger partial charge in [0.1, 0.15) is 0 Å². The molecule has 0 saturated carbocycles. The van der Waals surface area contributed by atoms with Gasteiger partial charge < -0.3 is 9.41 Å². The van der Waals surface area contributed by atoms with Gasteiger partial charge in [0.25, 0.3) is 0 Å². The summed E-state index contributed by atoms with van der Waals surface area (Å²) in [4.78, 5) is 0. The van der Waals surface area contributed by atoms with Crippen LogP contribution in [0.1, 0.15) is 0 Å². The van der Waals surface area contributed by atoms with Gasteiger partial charge in [0, 0.05) is 0 Å². The number of hydrogen-bond donors (Lipinski definition) is 0. The summed E-state index contributed by atoms with van der Waals surface area (Å²) < 4.78 is 0. The second kappa shape index (κ2) is 16.5. The summed E-state index contributed by atoms with van der Waals surface area (Å²) in [6, 6.07) is 0. The minimum absolute atomic E-state index is 0. The van der Waals surface area contributed by atoms with Crippen LogP contribution >= 0.6 is 0 Å². The van der Waals surface area contributed by atoms with Crippen molar-refractivity contribution in [1.29, 1.82) is 0 Å². The maximum Gasteiger partial charge on any atom is 1.00 e. The Bertz CT molecular complexity index is 4.00. The van der Waals surface area contributed by atoms with Crippen molar-refractivity contribution in [2.45, 2.75) is 0 Å². The monoisotopic (exact) mass is 116 g/mol. The Labute approximate surface area is 109 Å². The third kappa shape index (κ3) is 8.93. The van der Waals surface area contributed by atoms with E-state index in [2.05, 4.69) is 0 Å². The van der Waals surface area contributed by atoms with Gasteiger partial charge in [0.2, 0.25) is 0 Å². The van der Waals surface area contributed by atoms with E-state index in [0.29, 0.717) is 0 Å². The van der Waals surface area contributed by atoms with Gasteiger partial charge in [-0.2, -0.15) is 0 Å². The van der Waals surface area contributed by atoms with Crippen LogP contribution in [-0.4, -0.2) is 0 Å². The number of halogens is 2. The van der Waals surface area contributed by atoms with E-state index in [-0.39, 0.29) is 112 Å². The first kappa shape index (κ1) is 27.3. The van der Waals surface area contributed by atoms with Gasteiger partial charge in [0.05, 0.1) is 0 Å². The van der Waals surface area contributed by atoms with Crippen molar-refractivity contribution in [3.63, 3.8) is 0 Å². The number of hydrogen-bond acceptors (Lipinski definition) is 0. The van der Waals surface area contributed by atoms with Crippen LogP contribution < -0.4 is 112 Å². The standard InChI is InChI=1S/2FH.2K/h2*1H;;/q;;2*+1/p-2. The van der Waals surface area contributed by atoms with Gasteiger partial charge in [-0.05, 0) is 0 Å². The first-order valence-electron chi connectivity index (χ1n) is 0. The molecule has 0 atom stereocenters. The fraction of sp³-hybridized carbons (Fsp3) is 0. The molecule has 0 amide bonds. The molecule has 16 valence electrons. The first-order chi connectivity index (χ1) is 0. The van der Waals surface area contributed by atoms with Crippen LogP contribution in [0.15, 0.2) is 0 Å². The van der Waals surface area contributed by atoms with E-state index in [0.717, 1.165) is 0 Å². The average molecular weight is 116 g/mol. The Morgan fingerprint density at radius 3 is 0.500 bits per heavy atom. The summed E-state index contributed by atoms with van der Waals surface area (Å²) in [5, 5.41) is 0. The molecule has 0 aromatic rings. The molecule has 0 aliphatic heterocycles. The van der Waals surface area contributed by atoms with Crippen molar-refractivity contribution >= 4 is 0 Å². The van der Waals surface area contributed by atoms with Crippen molar-refractivity contribution in [1.82, 2.24) is 0 Å². The van der Waals surface area contributed by atoms with Gasteiger partial charge in [-0.3, -0.25) is 0 Å². The molecule has 0 unspecified atom stereocenters. The van der Waals surface area contributed by atoms with Gasteiger partial charge in [-0.1, -0.05) is 0 Å². The quantitative estimate of drug-likeness (QED) is 0.276. The molecule has 0 spiro atoms. The Hall–Kier alpha value is 3.13. The zero-order chi connectivity index (χ0) is 0. The second-order valence-corrected chi connectivity index (χ2v) is 0. The number of rotatable bonds is 0. The molecule has 0 aliphatic carbocycles. The molecule has 0 fully saturated rings. The Kier molecular flexibility index (Phi) is 113. The Morgan fingerprint density at radius 2 is 0.500 bits per heavy atom. The fourth-order valence-corrected chi connectivity index (χ4v) is 0. The molecule has 0 aromatic heterocycles. The summed E-state index contributed by atoms with van der Waals surface area (Å²) in [7, 11) is 0. The van der Waals surface area contributed by atoms with E-state index in [1.165, 1.54) is 0 Å². The van der Waals surface area contributed by atoms with Crippen LogP contribution in [0.2, 0.25) is 0 Å². The second-order valence-electron chi connectivity index (χ2n) is 0. The van der Waals surface area contributed by atoms with E-state index >= 15 is 0 Å². The minimum Gasteiger partial charge on any atom is -1.00 e. The summed E-state index contributed by atoms with van der Waals surface area (Å²) in [5.41, 5.74) is 0. The molecule has 0 nitrogen and oxygen atoms in total. The molecule has 4 heavy (non-hydrogen) atoms. The zero-order valence-corrected chi connectivity index (χ0v) is 9.00. The largest absolute Gasteiger partial charge is 1.00 e. The summed E-state index contributed by atoms with van der Waals surface area (Å²) in [6.07, 6.45) is 0. The summed E-state index contributed by atoms with van der Waals surface area (Å²) >= 11 is 0.